The fraction of sp³-hybridized carbons (Fsp3) is 0.174. The summed E-state index contributed by atoms with van der Waals surface area (Å²) >= 11 is 1.48. The van der Waals surface area contributed by atoms with E-state index in [9.17, 15) is 14.4 Å². The van der Waals surface area contributed by atoms with Crippen molar-refractivity contribution in [2.75, 3.05) is 6.79 Å². The number of carbonyl (C=O) groups excluding carboxylic acids is 1. The summed E-state index contributed by atoms with van der Waals surface area (Å²) in [6, 6.07) is 14.0. The molecule has 0 saturated carbocycles. The van der Waals surface area contributed by atoms with Crippen molar-refractivity contribution < 1.29 is 14.3 Å². The molecule has 162 valence electrons. The van der Waals surface area contributed by atoms with Crippen LogP contribution in [0.3, 0.4) is 0 Å². The first-order valence-electron chi connectivity index (χ1n) is 9.94. The Labute approximate surface area is 186 Å². The van der Waals surface area contributed by atoms with Crippen molar-refractivity contribution in [2.24, 2.45) is 7.05 Å². The Morgan fingerprint density at radius 2 is 1.94 bits per heavy atom. The van der Waals surface area contributed by atoms with Crippen molar-refractivity contribution in [3.05, 3.63) is 90.8 Å². The second kappa shape index (κ2) is 8.01. The minimum Gasteiger partial charge on any atom is -0.454 e. The van der Waals surface area contributed by atoms with Crippen molar-refractivity contribution in [2.45, 2.75) is 13.1 Å². The van der Waals surface area contributed by atoms with Gasteiger partial charge < -0.3 is 14.8 Å². The Bertz CT molecular complexity index is 1450. The summed E-state index contributed by atoms with van der Waals surface area (Å²) in [4.78, 5) is 39.5. The largest absolute Gasteiger partial charge is 0.454 e. The molecule has 5 rings (SSSR count). The number of aryl methyl sites for hydroxylation is 1. The lowest BCUT2D eigenvalue weighted by molar-refractivity contribution is 0.0951. The molecule has 9 heteroatoms. The van der Waals surface area contributed by atoms with Gasteiger partial charge in [-0.15, -0.1) is 11.3 Å². The third-order valence-corrected chi connectivity index (χ3v) is 6.26. The Balaban J connectivity index is 1.43. The van der Waals surface area contributed by atoms with Crippen LogP contribution in [0.25, 0.3) is 10.9 Å². The summed E-state index contributed by atoms with van der Waals surface area (Å²) in [6.07, 6.45) is 0. The maximum absolute atomic E-state index is 13.1. The van der Waals surface area contributed by atoms with Crippen LogP contribution in [0.1, 0.15) is 20.8 Å². The average Bonchev–Trinajstić information content (AvgIpc) is 3.50. The van der Waals surface area contributed by atoms with Gasteiger partial charge in [0, 0.05) is 24.0 Å². The van der Waals surface area contributed by atoms with Crippen molar-refractivity contribution in [1.29, 1.82) is 0 Å². The molecule has 0 saturated heterocycles. The second-order valence-corrected chi connectivity index (χ2v) is 8.45. The zero-order valence-electron chi connectivity index (χ0n) is 17.2. The number of nitrogens with zero attached hydrogens (tertiary/aromatic N) is 2. The molecule has 1 aliphatic heterocycles. The first-order chi connectivity index (χ1) is 15.5. The lowest BCUT2D eigenvalue weighted by Gasteiger charge is -2.11. The summed E-state index contributed by atoms with van der Waals surface area (Å²) in [5, 5.41) is 5.07. The summed E-state index contributed by atoms with van der Waals surface area (Å²) < 4.78 is 13.3. The fourth-order valence-corrected chi connectivity index (χ4v) is 4.38. The molecule has 0 bridgehead atoms. The highest BCUT2D eigenvalue weighted by Gasteiger charge is 2.16. The van der Waals surface area contributed by atoms with E-state index in [1.54, 1.807) is 25.2 Å². The van der Waals surface area contributed by atoms with E-state index >= 15 is 0 Å². The van der Waals surface area contributed by atoms with Crippen LogP contribution >= 0.6 is 11.3 Å². The van der Waals surface area contributed by atoms with Crippen LogP contribution in [0.15, 0.2) is 63.5 Å². The zero-order chi connectivity index (χ0) is 22.2. The van der Waals surface area contributed by atoms with Crippen molar-refractivity contribution in [3.8, 4) is 11.5 Å². The predicted molar refractivity (Wildman–Crippen MR) is 121 cm³/mol. The van der Waals surface area contributed by atoms with Crippen LogP contribution in [-0.2, 0) is 20.1 Å². The first-order valence-corrected chi connectivity index (χ1v) is 10.8. The van der Waals surface area contributed by atoms with Crippen molar-refractivity contribution >= 4 is 28.1 Å². The van der Waals surface area contributed by atoms with E-state index in [2.05, 4.69) is 5.32 Å². The van der Waals surface area contributed by atoms with Gasteiger partial charge in [-0.3, -0.25) is 18.7 Å². The lowest BCUT2D eigenvalue weighted by Crippen LogP contribution is -2.39. The molecular weight excluding hydrogens is 430 g/mol. The molecule has 0 spiro atoms. The normalized spacial score (nSPS) is 12.3. The molecule has 0 aliphatic carbocycles. The molecule has 1 amide bonds. The van der Waals surface area contributed by atoms with E-state index in [-0.39, 0.29) is 19.2 Å². The summed E-state index contributed by atoms with van der Waals surface area (Å²) in [6.45, 7) is 0.678. The van der Waals surface area contributed by atoms with Crippen LogP contribution in [-0.4, -0.2) is 21.8 Å². The lowest BCUT2D eigenvalue weighted by atomic mass is 10.1. The van der Waals surface area contributed by atoms with Gasteiger partial charge in [-0.2, -0.15) is 0 Å². The van der Waals surface area contributed by atoms with Gasteiger partial charge in [0.05, 0.1) is 17.4 Å². The molecule has 2 aromatic heterocycles. The Morgan fingerprint density at radius 1 is 1.09 bits per heavy atom. The number of fused-ring (bicyclic) bond motifs is 2. The SMILES string of the molecule is Cn1c(=O)n(Cc2cccs2)c(=O)c2cc(C(=O)NCc3ccc4c(c3)OCO4)ccc21. The van der Waals surface area contributed by atoms with Gasteiger partial charge in [0.15, 0.2) is 11.5 Å². The zero-order valence-corrected chi connectivity index (χ0v) is 18.0. The topological polar surface area (TPSA) is 91.6 Å². The molecule has 8 nitrogen and oxygen atoms in total. The third kappa shape index (κ3) is 3.56. The van der Waals surface area contributed by atoms with E-state index in [4.69, 9.17) is 9.47 Å². The maximum atomic E-state index is 13.1. The molecule has 0 radical (unpaired) electrons. The molecule has 4 aromatic rings. The van der Waals surface area contributed by atoms with Gasteiger partial charge in [-0.25, -0.2) is 4.79 Å². The smallest absolute Gasteiger partial charge is 0.331 e. The van der Waals surface area contributed by atoms with Crippen LogP contribution < -0.4 is 26.0 Å². The van der Waals surface area contributed by atoms with Gasteiger partial charge in [-0.05, 0) is 47.3 Å². The Morgan fingerprint density at radius 3 is 2.75 bits per heavy atom. The summed E-state index contributed by atoms with van der Waals surface area (Å²) in [5.41, 5.74) is 0.883. The molecule has 1 aliphatic rings. The Hall–Kier alpha value is -3.85. The van der Waals surface area contributed by atoms with E-state index in [0.29, 0.717) is 34.5 Å². The number of amides is 1. The minimum atomic E-state index is -0.415. The minimum absolute atomic E-state index is 0.189. The molecular formula is C23H19N3O5S. The molecule has 3 heterocycles. The Kier molecular flexibility index (Phi) is 5.02. The number of ether oxygens (including phenoxy) is 2. The van der Waals surface area contributed by atoms with Crippen LogP contribution in [0.5, 0.6) is 11.5 Å². The van der Waals surface area contributed by atoms with Gasteiger partial charge in [-0.1, -0.05) is 12.1 Å². The fourth-order valence-electron chi connectivity index (χ4n) is 3.69. The quantitative estimate of drug-likeness (QED) is 0.506. The van der Waals surface area contributed by atoms with Gasteiger partial charge >= 0.3 is 5.69 Å². The van der Waals surface area contributed by atoms with Gasteiger partial charge in [0.25, 0.3) is 11.5 Å². The van der Waals surface area contributed by atoms with E-state index in [1.165, 1.54) is 26.5 Å². The predicted octanol–water partition coefficient (Wildman–Crippen LogP) is 2.47. The van der Waals surface area contributed by atoms with E-state index in [0.717, 1.165) is 10.4 Å². The third-order valence-electron chi connectivity index (χ3n) is 5.40. The number of aromatic nitrogens is 2. The second-order valence-electron chi connectivity index (χ2n) is 7.41. The van der Waals surface area contributed by atoms with Crippen molar-refractivity contribution in [3.63, 3.8) is 0 Å². The molecule has 32 heavy (non-hydrogen) atoms. The number of hydrogen-bond acceptors (Lipinski definition) is 6. The van der Waals surface area contributed by atoms with Crippen LogP contribution in [0.4, 0.5) is 0 Å². The number of nitrogens with one attached hydrogen (secondary N) is 1. The van der Waals surface area contributed by atoms with Crippen molar-refractivity contribution in [1.82, 2.24) is 14.5 Å². The van der Waals surface area contributed by atoms with Crippen LogP contribution in [0, 0.1) is 0 Å². The number of hydrogen-bond donors (Lipinski definition) is 1. The summed E-state index contributed by atoms with van der Waals surface area (Å²) in [7, 11) is 1.62. The maximum Gasteiger partial charge on any atom is 0.331 e. The number of rotatable bonds is 5. The summed E-state index contributed by atoms with van der Waals surface area (Å²) in [5.74, 6) is 1.01. The van der Waals surface area contributed by atoms with Gasteiger partial charge in [0.2, 0.25) is 6.79 Å². The number of thiophene rings is 1. The first kappa shape index (κ1) is 20.1. The highest BCUT2D eigenvalue weighted by Crippen LogP contribution is 2.32. The monoisotopic (exact) mass is 449 g/mol. The number of carbonyl (C=O) groups is 1. The molecule has 1 N–H and O–H groups in total. The molecule has 0 fully saturated rings. The van der Waals surface area contributed by atoms with E-state index < -0.39 is 11.2 Å². The molecule has 0 atom stereocenters. The number of benzene rings is 2. The highest BCUT2D eigenvalue weighted by molar-refractivity contribution is 7.09. The van der Waals surface area contributed by atoms with E-state index in [1.807, 2.05) is 29.6 Å². The molecule has 2 aromatic carbocycles. The van der Waals surface area contributed by atoms with Crippen LogP contribution in [0.2, 0.25) is 0 Å². The highest BCUT2D eigenvalue weighted by atomic mass is 32.1. The van der Waals surface area contributed by atoms with Gasteiger partial charge in [0.1, 0.15) is 0 Å². The average molecular weight is 449 g/mol. The molecule has 0 unspecified atom stereocenters. The standard InChI is InChI=1S/C23H19N3O5S/c1-25-18-6-5-15(21(27)24-11-14-4-7-19-20(9-14)31-13-30-19)10-17(18)22(28)26(23(25)29)12-16-3-2-8-32-16/h2-10H,11-13H2,1H3,(H,24,27).